The van der Waals surface area contributed by atoms with Crippen LogP contribution < -0.4 is 5.32 Å². The van der Waals surface area contributed by atoms with Crippen LogP contribution >= 0.6 is 0 Å². The molecule has 1 N–H and O–H groups in total. The van der Waals surface area contributed by atoms with Crippen molar-refractivity contribution in [3.8, 4) is 0 Å². The van der Waals surface area contributed by atoms with Crippen molar-refractivity contribution in [2.45, 2.75) is 46.5 Å². The molecule has 2 atom stereocenters. The van der Waals surface area contributed by atoms with Gasteiger partial charge in [0.15, 0.2) is 0 Å². The number of nitrogens with one attached hydrogen (secondary N) is 1. The van der Waals surface area contributed by atoms with Crippen LogP contribution in [-0.4, -0.2) is 28.1 Å². The van der Waals surface area contributed by atoms with Crippen molar-refractivity contribution in [1.29, 1.82) is 0 Å². The Kier molecular flexibility index (Phi) is 4.61. The highest BCUT2D eigenvalue weighted by Crippen LogP contribution is 2.42. The maximum absolute atomic E-state index is 4.26. The summed E-state index contributed by atoms with van der Waals surface area (Å²) in [7, 11) is 1.94. The number of hydrogen-bond acceptors (Lipinski definition) is 3. The van der Waals surface area contributed by atoms with E-state index >= 15 is 0 Å². The van der Waals surface area contributed by atoms with Gasteiger partial charge in [-0.25, -0.2) is 0 Å². The van der Waals surface area contributed by atoms with E-state index in [1.165, 1.54) is 19.3 Å². The molecule has 19 heavy (non-hydrogen) atoms. The van der Waals surface area contributed by atoms with Crippen LogP contribution in [0.5, 0.6) is 0 Å². The number of aromatic nitrogens is 3. The van der Waals surface area contributed by atoms with Crippen molar-refractivity contribution >= 4 is 0 Å². The summed E-state index contributed by atoms with van der Waals surface area (Å²) in [5.74, 6) is 1.52. The molecular formula is C15H28N4. The highest BCUT2D eigenvalue weighted by molar-refractivity contribution is 4.98. The maximum Gasteiger partial charge on any atom is 0.0829 e. The molecule has 1 aromatic rings. The van der Waals surface area contributed by atoms with Crippen LogP contribution in [0, 0.1) is 17.3 Å². The minimum Gasteiger partial charge on any atom is -0.317 e. The molecule has 4 nitrogen and oxygen atoms in total. The van der Waals surface area contributed by atoms with E-state index in [0.717, 1.165) is 37.0 Å². The molecule has 0 aromatic carbocycles. The summed E-state index contributed by atoms with van der Waals surface area (Å²) in [5, 5.41) is 11.8. The van der Waals surface area contributed by atoms with Gasteiger partial charge < -0.3 is 5.32 Å². The Balaban J connectivity index is 2.02. The zero-order chi connectivity index (χ0) is 13.9. The molecule has 108 valence electrons. The Morgan fingerprint density at radius 2 is 2.21 bits per heavy atom. The monoisotopic (exact) mass is 264 g/mol. The van der Waals surface area contributed by atoms with Gasteiger partial charge in [-0.3, -0.25) is 4.68 Å². The molecule has 4 heteroatoms. The van der Waals surface area contributed by atoms with Gasteiger partial charge in [0.2, 0.25) is 0 Å². The summed E-state index contributed by atoms with van der Waals surface area (Å²) >= 11 is 0. The Morgan fingerprint density at radius 1 is 1.42 bits per heavy atom. The van der Waals surface area contributed by atoms with E-state index < -0.39 is 0 Å². The van der Waals surface area contributed by atoms with Crippen LogP contribution in [-0.2, 0) is 13.5 Å². The van der Waals surface area contributed by atoms with Crippen LogP contribution in [0.1, 0.15) is 45.7 Å². The third-order valence-corrected chi connectivity index (χ3v) is 4.45. The summed E-state index contributed by atoms with van der Waals surface area (Å²) < 4.78 is 1.81. The lowest BCUT2D eigenvalue weighted by molar-refractivity contribution is 0.115. The summed E-state index contributed by atoms with van der Waals surface area (Å²) in [6.45, 7) is 9.21. The topological polar surface area (TPSA) is 42.7 Å². The highest BCUT2D eigenvalue weighted by atomic mass is 15.4. The average Bonchev–Trinajstić information content (AvgIpc) is 2.73. The summed E-state index contributed by atoms with van der Waals surface area (Å²) in [4.78, 5) is 0. The normalized spacial score (nSPS) is 26.5. The molecule has 1 aliphatic rings. The Bertz CT molecular complexity index is 397. The zero-order valence-electron chi connectivity index (χ0n) is 12.8. The van der Waals surface area contributed by atoms with E-state index in [2.05, 4.69) is 42.6 Å². The van der Waals surface area contributed by atoms with Gasteiger partial charge in [-0.1, -0.05) is 26.0 Å². The molecule has 0 spiro atoms. The molecule has 1 heterocycles. The molecule has 1 saturated carbocycles. The maximum atomic E-state index is 4.26. The van der Waals surface area contributed by atoms with Gasteiger partial charge >= 0.3 is 0 Å². The van der Waals surface area contributed by atoms with Crippen LogP contribution in [0.15, 0.2) is 6.20 Å². The second-order valence-electron chi connectivity index (χ2n) is 6.82. The first-order valence-electron chi connectivity index (χ1n) is 7.56. The number of rotatable bonds is 5. The van der Waals surface area contributed by atoms with E-state index in [0.29, 0.717) is 5.41 Å². The van der Waals surface area contributed by atoms with E-state index in [9.17, 15) is 0 Å². The lowest BCUT2D eigenvalue weighted by Gasteiger charge is -2.41. The summed E-state index contributed by atoms with van der Waals surface area (Å²) in [6, 6.07) is 0. The first kappa shape index (κ1) is 14.5. The Morgan fingerprint density at radius 3 is 2.84 bits per heavy atom. The molecule has 0 radical (unpaired) electrons. The predicted molar refractivity (Wildman–Crippen MR) is 77.9 cm³/mol. The largest absolute Gasteiger partial charge is 0.317 e. The smallest absolute Gasteiger partial charge is 0.0829 e. The average molecular weight is 264 g/mol. The van der Waals surface area contributed by atoms with Crippen molar-refractivity contribution in [2.24, 2.45) is 24.3 Å². The van der Waals surface area contributed by atoms with Gasteiger partial charge in [-0.05, 0) is 56.0 Å². The molecule has 2 unspecified atom stereocenters. The summed E-state index contributed by atoms with van der Waals surface area (Å²) in [5.41, 5.74) is 1.63. The van der Waals surface area contributed by atoms with Gasteiger partial charge in [0.25, 0.3) is 0 Å². The van der Waals surface area contributed by atoms with Gasteiger partial charge in [0, 0.05) is 13.2 Å². The predicted octanol–water partition coefficient (Wildman–Crippen LogP) is 2.41. The molecule has 0 bridgehead atoms. The van der Waals surface area contributed by atoms with Crippen molar-refractivity contribution in [3.63, 3.8) is 0 Å². The molecule has 1 aliphatic carbocycles. The van der Waals surface area contributed by atoms with Crippen LogP contribution in [0.4, 0.5) is 0 Å². The van der Waals surface area contributed by atoms with E-state index in [1.807, 2.05) is 11.7 Å². The second-order valence-corrected chi connectivity index (χ2v) is 6.82. The van der Waals surface area contributed by atoms with E-state index in [-0.39, 0.29) is 0 Å². The number of aryl methyl sites for hydroxylation is 1. The number of hydrogen-bond donors (Lipinski definition) is 1. The van der Waals surface area contributed by atoms with E-state index in [4.69, 9.17) is 0 Å². The highest BCUT2D eigenvalue weighted by Gasteiger charge is 2.34. The molecule has 0 saturated heterocycles. The fraction of sp³-hybridized carbons (Fsp3) is 0.867. The third kappa shape index (κ3) is 4.03. The van der Waals surface area contributed by atoms with Crippen molar-refractivity contribution in [3.05, 3.63) is 11.9 Å². The fourth-order valence-electron chi connectivity index (χ4n) is 3.39. The lowest BCUT2D eigenvalue weighted by atomic mass is 9.66. The molecule has 1 aromatic heterocycles. The van der Waals surface area contributed by atoms with Gasteiger partial charge in [0.05, 0.1) is 5.69 Å². The summed E-state index contributed by atoms with van der Waals surface area (Å²) in [6.07, 6.45) is 7.13. The van der Waals surface area contributed by atoms with Crippen LogP contribution in [0.25, 0.3) is 0 Å². The third-order valence-electron chi connectivity index (χ3n) is 4.45. The van der Waals surface area contributed by atoms with Crippen LogP contribution in [0.2, 0.25) is 0 Å². The zero-order valence-corrected chi connectivity index (χ0v) is 12.8. The van der Waals surface area contributed by atoms with Crippen molar-refractivity contribution in [2.75, 3.05) is 13.1 Å². The van der Waals surface area contributed by atoms with E-state index in [1.54, 1.807) is 0 Å². The molecule has 1 fully saturated rings. The van der Waals surface area contributed by atoms with Crippen molar-refractivity contribution in [1.82, 2.24) is 20.3 Å². The van der Waals surface area contributed by atoms with Gasteiger partial charge in [-0.2, -0.15) is 0 Å². The first-order valence-corrected chi connectivity index (χ1v) is 7.56. The Hall–Kier alpha value is -0.900. The lowest BCUT2D eigenvalue weighted by Crippen LogP contribution is -2.37. The molecule has 0 aliphatic heterocycles. The molecule has 0 amide bonds. The molecule has 2 rings (SSSR count). The first-order chi connectivity index (χ1) is 9.00. The minimum absolute atomic E-state index is 0.482. The Labute approximate surface area is 117 Å². The SMILES string of the molecule is CCNCC1CCC(C)(C)CC1Cc1cn(C)nn1. The van der Waals surface area contributed by atoms with Crippen molar-refractivity contribution < 1.29 is 0 Å². The number of nitrogens with zero attached hydrogens (tertiary/aromatic N) is 3. The quantitative estimate of drug-likeness (QED) is 0.888. The standard InChI is InChI=1S/C15H28N4/c1-5-16-10-12-6-7-15(2,3)9-13(12)8-14-11-19(4)18-17-14/h11-13,16H,5-10H2,1-4H3. The molecular weight excluding hydrogens is 236 g/mol. The van der Waals surface area contributed by atoms with Gasteiger partial charge in [0.1, 0.15) is 0 Å². The van der Waals surface area contributed by atoms with Crippen LogP contribution in [0.3, 0.4) is 0 Å². The second kappa shape index (κ2) is 6.04. The van der Waals surface area contributed by atoms with Gasteiger partial charge in [-0.15, -0.1) is 5.10 Å². The fourth-order valence-corrected chi connectivity index (χ4v) is 3.39. The minimum atomic E-state index is 0.482.